The fourth-order valence-electron chi connectivity index (χ4n) is 4.34. The molecule has 0 radical (unpaired) electrons. The fourth-order valence-corrected chi connectivity index (χ4v) is 4.34. The lowest BCUT2D eigenvalue weighted by molar-refractivity contribution is 0.0639. The molecule has 5 heteroatoms. The van der Waals surface area contributed by atoms with Crippen molar-refractivity contribution in [3.8, 4) is 0 Å². The largest absolute Gasteiger partial charge is 0.377 e. The molecule has 26 heavy (non-hydrogen) atoms. The Kier molecular flexibility index (Phi) is 4.81. The Balaban J connectivity index is 1.53. The highest BCUT2D eigenvalue weighted by Gasteiger charge is 2.29. The van der Waals surface area contributed by atoms with Crippen LogP contribution in [-0.4, -0.2) is 67.0 Å². The molecule has 3 heterocycles. The molecule has 0 unspecified atom stereocenters. The molecule has 0 N–H and O–H groups in total. The molecule has 0 bridgehead atoms. The van der Waals surface area contributed by atoms with Crippen molar-refractivity contribution in [1.82, 2.24) is 14.8 Å². The van der Waals surface area contributed by atoms with Crippen molar-refractivity contribution in [1.29, 1.82) is 0 Å². The standard InChI is InChI=1S/C21H28N4O/c1-23(2)20-15-19(22-18-8-4-3-7-17(18)20)21(26)25-13-9-16(10-14-25)24-11-5-6-12-24/h3-4,7-8,15-16H,5-6,9-14H2,1-2H3. The van der Waals surface area contributed by atoms with E-state index in [1.807, 2.05) is 43.3 Å². The third-order valence-electron chi connectivity index (χ3n) is 5.80. The van der Waals surface area contributed by atoms with Gasteiger partial charge in [-0.1, -0.05) is 18.2 Å². The first-order valence-corrected chi connectivity index (χ1v) is 9.74. The van der Waals surface area contributed by atoms with Gasteiger partial charge in [-0.05, 0) is 50.9 Å². The summed E-state index contributed by atoms with van der Waals surface area (Å²) in [6.07, 6.45) is 4.82. The first-order chi connectivity index (χ1) is 12.6. The number of piperidine rings is 1. The molecule has 0 saturated carbocycles. The SMILES string of the molecule is CN(C)c1cc(C(=O)N2CCC(N3CCCC3)CC2)nc2ccccc12. The van der Waals surface area contributed by atoms with Gasteiger partial charge < -0.3 is 14.7 Å². The summed E-state index contributed by atoms with van der Waals surface area (Å²) >= 11 is 0. The molecular weight excluding hydrogens is 324 g/mol. The van der Waals surface area contributed by atoms with Crippen molar-refractivity contribution in [2.45, 2.75) is 31.7 Å². The molecule has 2 aliphatic rings. The molecule has 0 aliphatic carbocycles. The average molecular weight is 352 g/mol. The minimum absolute atomic E-state index is 0.0683. The Morgan fingerprint density at radius 2 is 1.77 bits per heavy atom. The first-order valence-electron chi connectivity index (χ1n) is 9.74. The lowest BCUT2D eigenvalue weighted by Gasteiger charge is -2.36. The van der Waals surface area contributed by atoms with E-state index in [0.717, 1.165) is 42.5 Å². The molecule has 5 nitrogen and oxygen atoms in total. The van der Waals surface area contributed by atoms with Gasteiger partial charge in [-0.15, -0.1) is 0 Å². The number of likely N-dealkylation sites (tertiary alicyclic amines) is 2. The quantitative estimate of drug-likeness (QED) is 0.851. The number of amides is 1. The van der Waals surface area contributed by atoms with Crippen LogP contribution in [0.15, 0.2) is 30.3 Å². The van der Waals surface area contributed by atoms with Gasteiger partial charge in [0.05, 0.1) is 5.52 Å². The number of fused-ring (bicyclic) bond motifs is 1. The number of nitrogens with zero attached hydrogens (tertiary/aromatic N) is 4. The van der Waals surface area contributed by atoms with Crippen molar-refractivity contribution < 1.29 is 4.79 Å². The number of carbonyl (C=O) groups excluding carboxylic acids is 1. The second kappa shape index (κ2) is 7.23. The van der Waals surface area contributed by atoms with Gasteiger partial charge in [-0.25, -0.2) is 4.98 Å². The van der Waals surface area contributed by atoms with Crippen molar-refractivity contribution in [2.24, 2.45) is 0 Å². The van der Waals surface area contributed by atoms with Gasteiger partial charge in [0.1, 0.15) is 5.69 Å². The monoisotopic (exact) mass is 352 g/mol. The molecule has 138 valence electrons. The summed E-state index contributed by atoms with van der Waals surface area (Å²) < 4.78 is 0. The van der Waals surface area contributed by atoms with Crippen LogP contribution in [0, 0.1) is 0 Å². The minimum atomic E-state index is 0.0683. The van der Waals surface area contributed by atoms with Crippen LogP contribution >= 0.6 is 0 Å². The fraction of sp³-hybridized carbons (Fsp3) is 0.524. The molecule has 2 fully saturated rings. The van der Waals surface area contributed by atoms with Crippen molar-refractivity contribution in [2.75, 3.05) is 45.2 Å². The number of carbonyl (C=O) groups is 1. The van der Waals surface area contributed by atoms with Gasteiger partial charge in [0.2, 0.25) is 0 Å². The third kappa shape index (κ3) is 3.28. The Hall–Kier alpha value is -2.14. The Bertz CT molecular complexity index is 790. The topological polar surface area (TPSA) is 39.7 Å². The summed E-state index contributed by atoms with van der Waals surface area (Å²) in [6.45, 7) is 4.14. The van der Waals surface area contributed by atoms with Crippen LogP contribution in [0.3, 0.4) is 0 Å². The maximum Gasteiger partial charge on any atom is 0.272 e. The Morgan fingerprint density at radius 1 is 1.08 bits per heavy atom. The van der Waals surface area contributed by atoms with E-state index in [2.05, 4.69) is 20.9 Å². The van der Waals surface area contributed by atoms with E-state index in [9.17, 15) is 4.79 Å². The predicted octanol–water partition coefficient (Wildman–Crippen LogP) is 3.00. The lowest BCUT2D eigenvalue weighted by atomic mass is 10.0. The molecule has 4 rings (SSSR count). The summed E-state index contributed by atoms with van der Waals surface area (Å²) in [6, 6.07) is 10.6. The van der Waals surface area contributed by atoms with E-state index in [-0.39, 0.29) is 5.91 Å². The Morgan fingerprint density at radius 3 is 2.46 bits per heavy atom. The van der Waals surface area contributed by atoms with Crippen LogP contribution in [0.1, 0.15) is 36.2 Å². The maximum absolute atomic E-state index is 13.1. The number of benzene rings is 1. The highest BCUT2D eigenvalue weighted by molar-refractivity contribution is 6.00. The number of hydrogen-bond acceptors (Lipinski definition) is 4. The second-order valence-corrected chi connectivity index (χ2v) is 7.70. The molecule has 2 aliphatic heterocycles. The molecular formula is C21H28N4O. The second-order valence-electron chi connectivity index (χ2n) is 7.70. The van der Waals surface area contributed by atoms with Gasteiger partial charge in [0.15, 0.2) is 0 Å². The van der Waals surface area contributed by atoms with E-state index in [0.29, 0.717) is 11.7 Å². The average Bonchev–Trinajstić information content (AvgIpc) is 3.21. The van der Waals surface area contributed by atoms with Gasteiger partial charge in [-0.2, -0.15) is 0 Å². The minimum Gasteiger partial charge on any atom is -0.377 e. The normalized spacial score (nSPS) is 19.2. The van der Waals surface area contributed by atoms with Gasteiger partial charge in [0.25, 0.3) is 5.91 Å². The van der Waals surface area contributed by atoms with Crippen molar-refractivity contribution in [3.63, 3.8) is 0 Å². The summed E-state index contributed by atoms with van der Waals surface area (Å²) in [7, 11) is 4.02. The zero-order chi connectivity index (χ0) is 18.1. The first kappa shape index (κ1) is 17.3. The summed E-state index contributed by atoms with van der Waals surface area (Å²) in [5.74, 6) is 0.0683. The highest BCUT2D eigenvalue weighted by atomic mass is 16.2. The van der Waals surface area contributed by atoms with Crippen molar-refractivity contribution in [3.05, 3.63) is 36.0 Å². The van der Waals surface area contributed by atoms with E-state index in [1.54, 1.807) is 0 Å². The summed E-state index contributed by atoms with van der Waals surface area (Å²) in [4.78, 5) is 24.4. The maximum atomic E-state index is 13.1. The van der Waals surface area contributed by atoms with E-state index >= 15 is 0 Å². The van der Waals surface area contributed by atoms with Crippen LogP contribution in [-0.2, 0) is 0 Å². The van der Waals surface area contributed by atoms with Gasteiger partial charge in [-0.3, -0.25) is 4.79 Å². The Labute approximate surface area is 155 Å². The number of aromatic nitrogens is 1. The third-order valence-corrected chi connectivity index (χ3v) is 5.80. The van der Waals surface area contributed by atoms with E-state index < -0.39 is 0 Å². The van der Waals surface area contributed by atoms with Gasteiger partial charge in [0, 0.05) is 44.3 Å². The zero-order valence-electron chi connectivity index (χ0n) is 15.8. The number of hydrogen-bond donors (Lipinski definition) is 0. The lowest BCUT2D eigenvalue weighted by Crippen LogP contribution is -2.46. The number of rotatable bonds is 3. The zero-order valence-corrected chi connectivity index (χ0v) is 15.8. The van der Waals surface area contributed by atoms with Crippen LogP contribution in [0.25, 0.3) is 10.9 Å². The molecule has 1 amide bonds. The number of para-hydroxylation sites is 1. The van der Waals surface area contributed by atoms with Crippen molar-refractivity contribution >= 4 is 22.5 Å². The number of anilines is 1. The van der Waals surface area contributed by atoms with Crippen LogP contribution in [0.5, 0.6) is 0 Å². The highest BCUT2D eigenvalue weighted by Crippen LogP contribution is 2.27. The summed E-state index contributed by atoms with van der Waals surface area (Å²) in [5, 5.41) is 1.08. The van der Waals surface area contributed by atoms with Crippen LogP contribution in [0.4, 0.5) is 5.69 Å². The molecule has 1 aromatic heterocycles. The van der Waals surface area contributed by atoms with Crippen LogP contribution < -0.4 is 4.90 Å². The molecule has 2 saturated heterocycles. The van der Waals surface area contributed by atoms with Gasteiger partial charge >= 0.3 is 0 Å². The van der Waals surface area contributed by atoms with E-state index in [4.69, 9.17) is 0 Å². The molecule has 0 spiro atoms. The molecule has 2 aromatic rings. The number of pyridine rings is 1. The van der Waals surface area contributed by atoms with E-state index in [1.165, 1.54) is 25.9 Å². The smallest absolute Gasteiger partial charge is 0.272 e. The molecule has 0 atom stereocenters. The van der Waals surface area contributed by atoms with Crippen LogP contribution in [0.2, 0.25) is 0 Å². The predicted molar refractivity (Wildman–Crippen MR) is 106 cm³/mol. The molecule has 1 aromatic carbocycles. The summed E-state index contributed by atoms with van der Waals surface area (Å²) in [5.41, 5.74) is 2.49.